The summed E-state index contributed by atoms with van der Waals surface area (Å²) in [6.45, 7) is 6.38. The standard InChI is InChI=1S/C24H29F3N4O3/c1-17(2)34-15-5-10-28-22(32)18-8-9-21(29-16-18)30-11-13-31(14-12-30)23(33)19-6-3-4-7-20(19)24(25,26)27/h3-4,6-9,16-17H,5,10-15H2,1-2H3,(H,28,32). The average molecular weight is 479 g/mol. The van der Waals surface area contributed by atoms with Gasteiger partial charge in [-0.3, -0.25) is 9.59 Å². The first-order valence-electron chi connectivity index (χ1n) is 11.2. The lowest BCUT2D eigenvalue weighted by Gasteiger charge is -2.35. The maximum Gasteiger partial charge on any atom is 0.417 e. The predicted molar refractivity (Wildman–Crippen MR) is 122 cm³/mol. The van der Waals surface area contributed by atoms with Gasteiger partial charge in [0.05, 0.1) is 22.8 Å². The fourth-order valence-electron chi connectivity index (χ4n) is 3.63. The van der Waals surface area contributed by atoms with Crippen LogP contribution in [-0.4, -0.2) is 67.1 Å². The first-order chi connectivity index (χ1) is 16.2. The van der Waals surface area contributed by atoms with E-state index in [2.05, 4.69) is 10.3 Å². The van der Waals surface area contributed by atoms with Crippen LogP contribution in [0.2, 0.25) is 0 Å². The highest BCUT2D eigenvalue weighted by molar-refractivity contribution is 5.96. The number of piperazine rings is 1. The first-order valence-corrected chi connectivity index (χ1v) is 11.2. The number of aromatic nitrogens is 1. The molecular weight excluding hydrogens is 449 g/mol. The summed E-state index contributed by atoms with van der Waals surface area (Å²) in [7, 11) is 0. The normalized spacial score (nSPS) is 14.4. The molecule has 2 aromatic rings. The number of hydrogen-bond acceptors (Lipinski definition) is 5. The number of nitrogens with one attached hydrogen (secondary N) is 1. The Hall–Kier alpha value is -3.14. The zero-order valence-corrected chi connectivity index (χ0v) is 19.3. The number of carbonyl (C=O) groups excluding carboxylic acids is 2. The summed E-state index contributed by atoms with van der Waals surface area (Å²) in [4.78, 5) is 32.7. The van der Waals surface area contributed by atoms with Crippen molar-refractivity contribution in [3.8, 4) is 0 Å². The fraction of sp³-hybridized carbons (Fsp3) is 0.458. The van der Waals surface area contributed by atoms with E-state index < -0.39 is 17.6 Å². The van der Waals surface area contributed by atoms with Crippen molar-refractivity contribution in [1.82, 2.24) is 15.2 Å². The number of anilines is 1. The van der Waals surface area contributed by atoms with Gasteiger partial charge in [-0.05, 0) is 44.5 Å². The summed E-state index contributed by atoms with van der Waals surface area (Å²) < 4.78 is 45.2. The third-order valence-corrected chi connectivity index (χ3v) is 5.42. The van der Waals surface area contributed by atoms with Crippen LogP contribution < -0.4 is 10.2 Å². The van der Waals surface area contributed by atoms with Crippen molar-refractivity contribution >= 4 is 17.6 Å². The molecule has 0 unspecified atom stereocenters. The highest BCUT2D eigenvalue weighted by Gasteiger charge is 2.36. The summed E-state index contributed by atoms with van der Waals surface area (Å²) in [6.07, 6.45) is -2.23. The molecule has 1 fully saturated rings. The van der Waals surface area contributed by atoms with Crippen molar-refractivity contribution in [2.24, 2.45) is 0 Å². The van der Waals surface area contributed by atoms with Gasteiger partial charge in [-0.25, -0.2) is 4.98 Å². The molecule has 34 heavy (non-hydrogen) atoms. The summed E-state index contributed by atoms with van der Waals surface area (Å²) in [5.41, 5.74) is -0.829. The number of halogens is 3. The topological polar surface area (TPSA) is 74.8 Å². The zero-order chi connectivity index (χ0) is 24.7. The van der Waals surface area contributed by atoms with E-state index >= 15 is 0 Å². The van der Waals surface area contributed by atoms with Crippen LogP contribution in [0.15, 0.2) is 42.6 Å². The second-order valence-electron chi connectivity index (χ2n) is 8.26. The van der Waals surface area contributed by atoms with E-state index in [9.17, 15) is 22.8 Å². The number of amides is 2. The van der Waals surface area contributed by atoms with Gasteiger partial charge in [-0.2, -0.15) is 13.2 Å². The van der Waals surface area contributed by atoms with Crippen molar-refractivity contribution in [3.05, 3.63) is 59.3 Å². The SMILES string of the molecule is CC(C)OCCCNC(=O)c1ccc(N2CCN(C(=O)c3ccccc3C(F)(F)F)CC2)nc1. The molecule has 2 amide bonds. The fourth-order valence-corrected chi connectivity index (χ4v) is 3.63. The number of carbonyl (C=O) groups is 2. The Bertz CT molecular complexity index is 972. The van der Waals surface area contributed by atoms with Gasteiger partial charge in [0, 0.05) is 45.5 Å². The Labute approximate surface area is 196 Å². The lowest BCUT2D eigenvalue weighted by atomic mass is 10.1. The number of pyridine rings is 1. The van der Waals surface area contributed by atoms with E-state index in [1.165, 1.54) is 29.3 Å². The molecule has 10 heteroatoms. The maximum atomic E-state index is 13.3. The maximum absolute atomic E-state index is 13.3. The van der Waals surface area contributed by atoms with Crippen molar-refractivity contribution in [2.45, 2.75) is 32.5 Å². The Morgan fingerprint density at radius 2 is 1.79 bits per heavy atom. The van der Waals surface area contributed by atoms with E-state index in [1.807, 2.05) is 18.7 Å². The van der Waals surface area contributed by atoms with Crippen molar-refractivity contribution < 1.29 is 27.5 Å². The monoisotopic (exact) mass is 478 g/mol. The smallest absolute Gasteiger partial charge is 0.379 e. The second-order valence-corrected chi connectivity index (χ2v) is 8.26. The molecule has 1 aliphatic rings. The molecule has 0 radical (unpaired) electrons. The lowest BCUT2D eigenvalue weighted by molar-refractivity contribution is -0.138. The second kappa shape index (κ2) is 11.3. The molecule has 0 atom stereocenters. The molecule has 1 aromatic heterocycles. The highest BCUT2D eigenvalue weighted by Crippen LogP contribution is 2.32. The molecule has 7 nitrogen and oxygen atoms in total. The van der Waals surface area contributed by atoms with Crippen LogP contribution in [-0.2, 0) is 10.9 Å². The van der Waals surface area contributed by atoms with Crippen LogP contribution in [0.3, 0.4) is 0 Å². The molecule has 0 bridgehead atoms. The number of ether oxygens (including phenoxy) is 1. The number of benzene rings is 1. The average Bonchev–Trinajstić information content (AvgIpc) is 2.83. The first kappa shape index (κ1) is 25.5. The van der Waals surface area contributed by atoms with E-state index in [1.54, 1.807) is 12.1 Å². The molecule has 184 valence electrons. The van der Waals surface area contributed by atoms with Gasteiger partial charge >= 0.3 is 6.18 Å². The van der Waals surface area contributed by atoms with E-state index in [4.69, 9.17) is 4.74 Å². The molecule has 0 aliphatic carbocycles. The van der Waals surface area contributed by atoms with E-state index in [-0.39, 0.29) is 30.7 Å². The van der Waals surface area contributed by atoms with Crippen molar-refractivity contribution in [3.63, 3.8) is 0 Å². The van der Waals surface area contributed by atoms with Crippen LogP contribution >= 0.6 is 0 Å². The minimum atomic E-state index is -4.59. The van der Waals surface area contributed by atoms with Crippen molar-refractivity contribution in [1.29, 1.82) is 0 Å². The molecule has 1 aromatic carbocycles. The molecule has 0 saturated carbocycles. The highest BCUT2D eigenvalue weighted by atomic mass is 19.4. The number of nitrogens with zero attached hydrogens (tertiary/aromatic N) is 3. The van der Waals surface area contributed by atoms with Gasteiger partial charge < -0.3 is 19.9 Å². The van der Waals surface area contributed by atoms with Gasteiger partial charge in [-0.15, -0.1) is 0 Å². The van der Waals surface area contributed by atoms with Gasteiger partial charge in [0.2, 0.25) is 0 Å². The minimum absolute atomic E-state index is 0.156. The Balaban J connectivity index is 1.52. The Morgan fingerprint density at radius 1 is 1.09 bits per heavy atom. The zero-order valence-electron chi connectivity index (χ0n) is 19.3. The Kier molecular flexibility index (Phi) is 8.49. The molecule has 1 N–H and O–H groups in total. The van der Waals surface area contributed by atoms with Gasteiger partial charge in [0.15, 0.2) is 0 Å². The van der Waals surface area contributed by atoms with Gasteiger partial charge in [0.1, 0.15) is 5.82 Å². The van der Waals surface area contributed by atoms with E-state index in [0.717, 1.165) is 6.07 Å². The number of hydrogen-bond donors (Lipinski definition) is 1. The molecule has 1 saturated heterocycles. The Morgan fingerprint density at radius 3 is 2.41 bits per heavy atom. The van der Waals surface area contributed by atoms with Crippen LogP contribution in [0.1, 0.15) is 46.5 Å². The van der Waals surface area contributed by atoms with Gasteiger partial charge in [0.25, 0.3) is 11.8 Å². The lowest BCUT2D eigenvalue weighted by Crippen LogP contribution is -2.49. The van der Waals surface area contributed by atoms with Crippen LogP contribution in [0.5, 0.6) is 0 Å². The molecule has 0 spiro atoms. The molecule has 3 rings (SSSR count). The van der Waals surface area contributed by atoms with Gasteiger partial charge in [-0.1, -0.05) is 12.1 Å². The molecule has 1 aliphatic heterocycles. The quantitative estimate of drug-likeness (QED) is 0.587. The molecule has 2 heterocycles. The summed E-state index contributed by atoms with van der Waals surface area (Å²) in [5.74, 6) is -0.210. The number of alkyl halides is 3. The van der Waals surface area contributed by atoms with E-state index in [0.29, 0.717) is 44.0 Å². The molecular formula is C24H29F3N4O3. The predicted octanol–water partition coefficient (Wildman–Crippen LogP) is 3.61. The minimum Gasteiger partial charge on any atom is -0.379 e. The van der Waals surface area contributed by atoms with Crippen molar-refractivity contribution in [2.75, 3.05) is 44.2 Å². The van der Waals surface area contributed by atoms with Crippen LogP contribution in [0.25, 0.3) is 0 Å². The number of rotatable bonds is 8. The van der Waals surface area contributed by atoms with Crippen LogP contribution in [0, 0.1) is 0 Å². The summed E-state index contributed by atoms with van der Waals surface area (Å²) >= 11 is 0. The largest absolute Gasteiger partial charge is 0.417 e. The third kappa shape index (κ3) is 6.69. The third-order valence-electron chi connectivity index (χ3n) is 5.42. The summed E-state index contributed by atoms with van der Waals surface area (Å²) in [5, 5.41) is 2.82. The van der Waals surface area contributed by atoms with Crippen LogP contribution in [0.4, 0.5) is 19.0 Å². The summed E-state index contributed by atoms with van der Waals surface area (Å²) in [6, 6.07) is 8.24.